The minimum Gasteiger partial charge on any atom is -0.549 e. The van der Waals surface area contributed by atoms with E-state index in [2.05, 4.69) is 0 Å². The predicted octanol–water partition coefficient (Wildman–Crippen LogP) is -3.01. The molecule has 0 aromatic carbocycles. The van der Waals surface area contributed by atoms with Crippen molar-refractivity contribution in [2.75, 3.05) is 26.4 Å². The number of carboxylic acid groups (broad SMARTS) is 1. The lowest BCUT2D eigenvalue weighted by Crippen LogP contribution is -2.67. The van der Waals surface area contributed by atoms with E-state index in [0.717, 1.165) is 16.7 Å². The van der Waals surface area contributed by atoms with Crippen LogP contribution in [0, 0.1) is 34.0 Å². The van der Waals surface area contributed by atoms with Gasteiger partial charge in [0, 0.05) is 11.3 Å². The van der Waals surface area contributed by atoms with Gasteiger partial charge in [0.15, 0.2) is 18.9 Å². The molecule has 3 aliphatic heterocycles. The zero-order chi connectivity index (χ0) is 48.4. The molecule has 20 heteroatoms. The van der Waals surface area contributed by atoms with E-state index in [1.165, 1.54) is 0 Å². The van der Waals surface area contributed by atoms with Crippen molar-refractivity contribution < 1.29 is 99.6 Å². The van der Waals surface area contributed by atoms with E-state index in [1.54, 1.807) is 0 Å². The summed E-state index contributed by atoms with van der Waals surface area (Å²) in [5.74, 6) is -2.07. The Bertz CT molecular complexity index is 1780. The maximum absolute atomic E-state index is 13.7. The average molecular weight is 946 g/mol. The van der Waals surface area contributed by atoms with Crippen LogP contribution < -0.4 is 5.11 Å². The van der Waals surface area contributed by atoms with E-state index in [9.17, 15) is 71.2 Å². The fourth-order valence-electron chi connectivity index (χ4n) is 13.3. The molecule has 0 amide bonds. The summed E-state index contributed by atoms with van der Waals surface area (Å²) < 4.78 is 34.9. The van der Waals surface area contributed by atoms with Gasteiger partial charge < -0.3 is 99.6 Å². The van der Waals surface area contributed by atoms with E-state index >= 15 is 0 Å². The largest absolute Gasteiger partial charge is 0.549 e. The van der Waals surface area contributed by atoms with Crippen molar-refractivity contribution in [3.63, 3.8) is 0 Å². The Labute approximate surface area is 384 Å². The van der Waals surface area contributed by atoms with Crippen LogP contribution in [0.2, 0.25) is 0 Å². The Morgan fingerprint density at radius 2 is 1.41 bits per heavy atom. The minimum atomic E-state index is -1.97. The molecule has 12 N–H and O–H groups in total. The lowest BCUT2D eigenvalue weighted by molar-refractivity contribution is -0.381. The second kappa shape index (κ2) is 19.8. The van der Waals surface area contributed by atoms with Gasteiger partial charge in [-0.2, -0.15) is 0 Å². The number of ether oxygens (including phenoxy) is 6. The first-order valence-corrected chi connectivity index (χ1v) is 23.5. The SMILES string of the molecule is CC(C)=CC[C@H](O)[C@@H](C)[C@H]1CC[C@@]2(C(=O)[O-])C3=C(CC[C@]12C)[C@@]1(C)CC[C@H](O[C@@H]2O[C@H](CO)[C@H](O)[C@H](O)[C@H]2O[C@H]2OC[C@H](O[C@@H]4O[C@H](CO)[C@H](O)[C@H](O)[C@H]4O)[C@H](O)[C@H]2O)[C@@](O)(CO)[C@@H]1CC3. The molecule has 5 fully saturated rings. The molecule has 0 radical (unpaired) electrons. The normalized spacial score (nSPS) is 49.3. The molecule has 0 bridgehead atoms. The predicted molar refractivity (Wildman–Crippen MR) is 224 cm³/mol. The van der Waals surface area contributed by atoms with Crippen molar-refractivity contribution in [2.24, 2.45) is 34.0 Å². The summed E-state index contributed by atoms with van der Waals surface area (Å²) in [7, 11) is 0. The number of aliphatic hydroxyl groups excluding tert-OH is 11. The van der Waals surface area contributed by atoms with Crippen LogP contribution in [0.4, 0.5) is 0 Å². The van der Waals surface area contributed by atoms with Gasteiger partial charge in [0.25, 0.3) is 0 Å². The van der Waals surface area contributed by atoms with E-state index in [0.29, 0.717) is 44.9 Å². The summed E-state index contributed by atoms with van der Waals surface area (Å²) in [4.78, 5) is 13.7. The second-order valence-corrected chi connectivity index (χ2v) is 20.8. The highest BCUT2D eigenvalue weighted by Crippen LogP contribution is 2.72. The van der Waals surface area contributed by atoms with Gasteiger partial charge in [0.2, 0.25) is 0 Å². The van der Waals surface area contributed by atoms with Crippen molar-refractivity contribution >= 4 is 5.97 Å². The fraction of sp³-hybridized carbons (Fsp3) is 0.891. The fourth-order valence-corrected chi connectivity index (χ4v) is 13.3. The first-order chi connectivity index (χ1) is 31.1. The molecule has 66 heavy (non-hydrogen) atoms. The van der Waals surface area contributed by atoms with E-state index in [1.807, 2.05) is 40.7 Å². The lowest BCUT2D eigenvalue weighted by atomic mass is 9.44. The van der Waals surface area contributed by atoms with Crippen LogP contribution in [0.25, 0.3) is 0 Å². The summed E-state index contributed by atoms with van der Waals surface area (Å²) in [6.45, 7) is 7.12. The summed E-state index contributed by atoms with van der Waals surface area (Å²) in [6, 6.07) is 0. The number of rotatable bonds is 14. The molecule has 20 nitrogen and oxygen atoms in total. The minimum absolute atomic E-state index is 0.0917. The van der Waals surface area contributed by atoms with Crippen LogP contribution >= 0.6 is 0 Å². The maximum atomic E-state index is 13.7. The third kappa shape index (κ3) is 8.55. The van der Waals surface area contributed by atoms with Crippen LogP contribution in [0.1, 0.15) is 92.4 Å². The van der Waals surface area contributed by atoms with Gasteiger partial charge in [-0.15, -0.1) is 0 Å². The molecule has 0 aromatic heterocycles. The van der Waals surface area contributed by atoms with Crippen molar-refractivity contribution in [3.05, 3.63) is 22.8 Å². The first-order valence-electron chi connectivity index (χ1n) is 23.5. The molecule has 23 atom stereocenters. The van der Waals surface area contributed by atoms with Crippen LogP contribution in [0.15, 0.2) is 22.8 Å². The Kier molecular flexibility index (Phi) is 15.6. The van der Waals surface area contributed by atoms with Gasteiger partial charge >= 0.3 is 0 Å². The molecule has 4 aliphatic carbocycles. The van der Waals surface area contributed by atoms with Crippen molar-refractivity contribution in [2.45, 2.75) is 196 Å². The highest BCUT2D eigenvalue weighted by atomic mass is 16.8. The topological polar surface area (TPSA) is 338 Å². The zero-order valence-corrected chi connectivity index (χ0v) is 38.4. The number of allylic oxidation sites excluding steroid dienone is 2. The highest BCUT2D eigenvalue weighted by Gasteiger charge is 2.68. The van der Waals surface area contributed by atoms with Crippen LogP contribution in [-0.2, 0) is 33.2 Å². The number of aliphatic carboxylic acids is 1. The highest BCUT2D eigenvalue weighted by molar-refractivity contribution is 5.80. The third-order valence-corrected chi connectivity index (χ3v) is 17.2. The van der Waals surface area contributed by atoms with Gasteiger partial charge in [0.1, 0.15) is 72.7 Å². The Hall–Kier alpha value is -1.77. The molecule has 7 rings (SSSR count). The van der Waals surface area contributed by atoms with Crippen molar-refractivity contribution in [1.82, 2.24) is 0 Å². The first kappa shape index (κ1) is 52.1. The molecule has 2 saturated carbocycles. The standard InChI is InChI=1S/C46H74O20/c1-20(2)6-8-25(50)21(3)22-11-15-45(42(58)59)24-7-9-29-43(4,23(24)10-14-44(22,45)5)13-12-30(46(29,60)19-49)65-41-38(35(55)32(52)27(17-48)63-41)66-39-36(56)33(53)28(18-61-39)64-40-37(57)34(54)31(51)26(16-47)62-40/h6,21-22,25-41,47-57,60H,7-19H2,1-5H3,(H,58,59)/p-1/t21-,22+,25-,26+,27+,28-,29+,30-,31-,32-,33-,34-,35-,36+,37+,38+,39+,40-,41-,43+,44+,45-,46+/m0/s1. The lowest BCUT2D eigenvalue weighted by Gasteiger charge is -2.63. The maximum Gasteiger partial charge on any atom is 0.187 e. The smallest absolute Gasteiger partial charge is 0.187 e. The summed E-state index contributed by atoms with van der Waals surface area (Å²) >= 11 is 0. The van der Waals surface area contributed by atoms with Crippen LogP contribution in [-0.4, -0.2) is 197 Å². The van der Waals surface area contributed by atoms with Crippen molar-refractivity contribution in [1.29, 1.82) is 0 Å². The molecule has 0 aromatic rings. The van der Waals surface area contributed by atoms with Gasteiger partial charge in [-0.05, 0) is 94.3 Å². The number of fused-ring (bicyclic) bond motifs is 4. The number of carbonyl (C=O) groups is 1. The summed E-state index contributed by atoms with van der Waals surface area (Å²) in [5, 5.41) is 144. The van der Waals surface area contributed by atoms with Crippen LogP contribution in [0.3, 0.4) is 0 Å². The van der Waals surface area contributed by atoms with Gasteiger partial charge in [-0.25, -0.2) is 0 Å². The van der Waals surface area contributed by atoms with E-state index < -0.39 is 158 Å². The molecule has 378 valence electrons. The third-order valence-electron chi connectivity index (χ3n) is 17.2. The van der Waals surface area contributed by atoms with E-state index in [-0.39, 0.29) is 24.7 Å². The molecule has 0 spiro atoms. The second-order valence-electron chi connectivity index (χ2n) is 20.8. The Morgan fingerprint density at radius 3 is 2.03 bits per heavy atom. The number of carbonyl (C=O) groups excluding carboxylic acids is 1. The number of hydrogen-bond acceptors (Lipinski definition) is 20. The molecule has 0 unspecified atom stereocenters. The van der Waals surface area contributed by atoms with Gasteiger partial charge in [-0.1, -0.05) is 43.6 Å². The van der Waals surface area contributed by atoms with Crippen LogP contribution in [0.5, 0.6) is 0 Å². The monoisotopic (exact) mass is 945 g/mol. The summed E-state index contributed by atoms with van der Waals surface area (Å²) in [5.41, 5.74) is -1.95. The zero-order valence-electron chi connectivity index (χ0n) is 38.4. The quantitative estimate of drug-likeness (QED) is 0.0772. The number of carboxylic acids is 1. The number of hydrogen-bond donors (Lipinski definition) is 12. The molecule has 3 heterocycles. The average Bonchev–Trinajstić information content (AvgIpc) is 3.62. The summed E-state index contributed by atoms with van der Waals surface area (Å²) in [6.07, 6.45) is -19.9. The Morgan fingerprint density at radius 1 is 0.773 bits per heavy atom. The molecular weight excluding hydrogens is 872 g/mol. The molecular formula is C46H73O20-. The Balaban J connectivity index is 1.10. The van der Waals surface area contributed by atoms with Crippen molar-refractivity contribution in [3.8, 4) is 0 Å². The number of aliphatic hydroxyl groups is 12. The van der Waals surface area contributed by atoms with Gasteiger partial charge in [-0.3, -0.25) is 0 Å². The van der Waals surface area contributed by atoms with Gasteiger partial charge in [0.05, 0.1) is 44.6 Å². The molecule has 7 aliphatic rings. The molecule has 3 saturated heterocycles. The van der Waals surface area contributed by atoms with E-state index in [4.69, 9.17) is 28.4 Å².